The summed E-state index contributed by atoms with van der Waals surface area (Å²) in [5.41, 5.74) is 1.55. The Morgan fingerprint density at radius 1 is 1.11 bits per heavy atom. The molecule has 0 amide bonds. The van der Waals surface area contributed by atoms with Crippen molar-refractivity contribution < 1.29 is 19.7 Å². The Kier molecular flexibility index (Phi) is 4.09. The molecule has 0 unspecified atom stereocenters. The summed E-state index contributed by atoms with van der Waals surface area (Å²) in [6.07, 6.45) is 0. The number of carbonyl (C=O) groups is 1. The van der Waals surface area contributed by atoms with Gasteiger partial charge in [0.1, 0.15) is 0 Å². The minimum Gasteiger partial charge on any atom is -0.504 e. The van der Waals surface area contributed by atoms with Crippen LogP contribution < -0.4 is 4.74 Å². The van der Waals surface area contributed by atoms with Gasteiger partial charge in [-0.15, -0.1) is 0 Å². The molecule has 134 valence electrons. The third kappa shape index (κ3) is 2.82. The molecule has 0 radical (unpaired) electrons. The molecule has 0 saturated carbocycles. The number of carboxylic acid groups (broad SMARTS) is 1. The fraction of sp³-hybridized carbons (Fsp3) is 0.0476. The zero-order chi connectivity index (χ0) is 19.1. The van der Waals surface area contributed by atoms with Gasteiger partial charge in [0.05, 0.1) is 28.9 Å². The van der Waals surface area contributed by atoms with Crippen LogP contribution in [0.2, 0.25) is 5.02 Å². The van der Waals surface area contributed by atoms with Crippen molar-refractivity contribution in [2.45, 2.75) is 0 Å². The van der Waals surface area contributed by atoms with Crippen LogP contribution in [0.15, 0.2) is 54.6 Å². The second-order valence-electron chi connectivity index (χ2n) is 6.04. The Hall–Kier alpha value is -3.31. The van der Waals surface area contributed by atoms with Gasteiger partial charge in [-0.3, -0.25) is 0 Å². The van der Waals surface area contributed by atoms with Gasteiger partial charge in [-0.1, -0.05) is 41.9 Å². The molecule has 3 aromatic carbocycles. The van der Waals surface area contributed by atoms with Crippen molar-refractivity contribution >= 4 is 39.2 Å². The van der Waals surface area contributed by atoms with Crippen molar-refractivity contribution in [3.05, 3.63) is 65.2 Å². The molecule has 0 aliphatic rings. The highest BCUT2D eigenvalue weighted by molar-refractivity contribution is 6.33. The Balaban J connectivity index is 2.07. The quantitative estimate of drug-likeness (QED) is 0.483. The number of phenols is 1. The van der Waals surface area contributed by atoms with Crippen LogP contribution in [0.5, 0.6) is 11.5 Å². The number of methoxy groups -OCH3 is 1. The van der Waals surface area contributed by atoms with Crippen LogP contribution in [0, 0.1) is 0 Å². The molecule has 0 aliphatic heterocycles. The molecule has 1 aromatic heterocycles. The van der Waals surface area contributed by atoms with Gasteiger partial charge >= 0.3 is 5.97 Å². The van der Waals surface area contributed by atoms with Crippen molar-refractivity contribution in [3.63, 3.8) is 0 Å². The highest BCUT2D eigenvalue weighted by atomic mass is 35.5. The van der Waals surface area contributed by atoms with E-state index in [0.29, 0.717) is 22.2 Å². The average molecular weight is 380 g/mol. The molecule has 1 heterocycles. The lowest BCUT2D eigenvalue weighted by Crippen LogP contribution is -2.01. The number of aromatic carboxylic acids is 1. The Morgan fingerprint density at radius 3 is 2.63 bits per heavy atom. The van der Waals surface area contributed by atoms with Crippen LogP contribution in [-0.2, 0) is 0 Å². The molecule has 0 fully saturated rings. The summed E-state index contributed by atoms with van der Waals surface area (Å²) in [6.45, 7) is 0. The van der Waals surface area contributed by atoms with Crippen molar-refractivity contribution in [2.24, 2.45) is 0 Å². The molecular formula is C21H14ClNO4. The highest BCUT2D eigenvalue weighted by Gasteiger charge is 2.18. The molecule has 2 N–H and O–H groups in total. The largest absolute Gasteiger partial charge is 0.504 e. The predicted octanol–water partition coefficient (Wildman–Crippen LogP) is 5.12. The van der Waals surface area contributed by atoms with Crippen LogP contribution in [-0.4, -0.2) is 28.3 Å². The van der Waals surface area contributed by atoms with E-state index in [4.69, 9.17) is 16.3 Å². The second kappa shape index (κ2) is 6.45. The number of hydrogen-bond acceptors (Lipinski definition) is 4. The first kappa shape index (κ1) is 17.1. The molecule has 0 atom stereocenters. The first-order valence-corrected chi connectivity index (χ1v) is 8.50. The molecule has 27 heavy (non-hydrogen) atoms. The predicted molar refractivity (Wildman–Crippen MR) is 105 cm³/mol. The van der Waals surface area contributed by atoms with Crippen LogP contribution in [0.1, 0.15) is 10.4 Å². The van der Waals surface area contributed by atoms with E-state index < -0.39 is 5.97 Å². The van der Waals surface area contributed by atoms with Crippen molar-refractivity contribution in [1.82, 2.24) is 4.98 Å². The van der Waals surface area contributed by atoms with Gasteiger partial charge in [-0.25, -0.2) is 9.78 Å². The molecule has 6 heteroatoms. The molecule has 0 aliphatic carbocycles. The van der Waals surface area contributed by atoms with Gasteiger partial charge in [0.25, 0.3) is 0 Å². The maximum atomic E-state index is 12.0. The lowest BCUT2D eigenvalue weighted by Gasteiger charge is -2.12. The van der Waals surface area contributed by atoms with Crippen molar-refractivity contribution in [1.29, 1.82) is 0 Å². The second-order valence-corrected chi connectivity index (χ2v) is 6.45. The smallest absolute Gasteiger partial charge is 0.336 e. The first-order valence-electron chi connectivity index (χ1n) is 8.12. The van der Waals surface area contributed by atoms with Gasteiger partial charge < -0.3 is 14.9 Å². The zero-order valence-corrected chi connectivity index (χ0v) is 15.0. The van der Waals surface area contributed by atoms with Crippen LogP contribution in [0.4, 0.5) is 0 Å². The number of rotatable bonds is 3. The SMILES string of the molecule is COc1cc(-c2cc(C(=O)O)c3c(ccc4ccccc43)n2)c(Cl)cc1O. The lowest BCUT2D eigenvalue weighted by atomic mass is 9.98. The van der Waals surface area contributed by atoms with Gasteiger partial charge in [-0.05, 0) is 29.0 Å². The molecule has 4 aromatic rings. The topological polar surface area (TPSA) is 79.7 Å². The summed E-state index contributed by atoms with van der Waals surface area (Å²) in [6, 6.07) is 15.6. The highest BCUT2D eigenvalue weighted by Crippen LogP contribution is 2.39. The monoisotopic (exact) mass is 379 g/mol. The summed E-state index contributed by atoms with van der Waals surface area (Å²) in [7, 11) is 1.43. The van der Waals surface area contributed by atoms with E-state index >= 15 is 0 Å². The van der Waals surface area contributed by atoms with Gasteiger partial charge in [-0.2, -0.15) is 0 Å². The number of ether oxygens (including phenoxy) is 1. The summed E-state index contributed by atoms with van der Waals surface area (Å²) in [5.74, 6) is -0.926. The van der Waals surface area contributed by atoms with Gasteiger partial charge in [0, 0.05) is 17.0 Å². The number of phenolic OH excluding ortho intramolecular Hbond substituents is 1. The Labute approximate surface area is 159 Å². The fourth-order valence-electron chi connectivity index (χ4n) is 3.22. The molecule has 4 rings (SSSR count). The number of halogens is 1. The van der Waals surface area contributed by atoms with E-state index in [1.807, 2.05) is 30.3 Å². The summed E-state index contributed by atoms with van der Waals surface area (Å²) < 4.78 is 5.13. The summed E-state index contributed by atoms with van der Waals surface area (Å²) >= 11 is 6.27. The third-order valence-electron chi connectivity index (χ3n) is 4.47. The van der Waals surface area contributed by atoms with Crippen molar-refractivity contribution in [3.8, 4) is 22.8 Å². The standard InChI is InChI=1S/C21H14ClNO4/c1-27-19-9-13(15(22)10-18(19)24)17-8-14(21(25)26)20-12-5-3-2-4-11(12)6-7-16(20)23-17/h2-10,24H,1H3,(H,25,26). The number of nitrogens with zero attached hydrogens (tertiary/aromatic N) is 1. The van der Waals surface area contributed by atoms with Gasteiger partial charge in [0.15, 0.2) is 11.5 Å². The number of aromatic hydroxyl groups is 1. The Bertz CT molecular complexity index is 1220. The number of fused-ring (bicyclic) bond motifs is 3. The van der Waals surface area contributed by atoms with E-state index in [1.54, 1.807) is 12.1 Å². The van der Waals surface area contributed by atoms with Gasteiger partial charge in [0.2, 0.25) is 0 Å². The number of benzene rings is 3. The summed E-state index contributed by atoms with van der Waals surface area (Å²) in [5, 5.41) is 22.3. The first-order chi connectivity index (χ1) is 13.0. The molecule has 5 nitrogen and oxygen atoms in total. The zero-order valence-electron chi connectivity index (χ0n) is 14.2. The van der Waals surface area contributed by atoms with Crippen LogP contribution in [0.3, 0.4) is 0 Å². The number of hydrogen-bond donors (Lipinski definition) is 2. The number of carboxylic acids is 1. The maximum Gasteiger partial charge on any atom is 0.336 e. The van der Waals surface area contributed by atoms with Crippen LogP contribution in [0.25, 0.3) is 32.9 Å². The van der Waals surface area contributed by atoms with E-state index in [2.05, 4.69) is 4.98 Å². The van der Waals surface area contributed by atoms with Crippen LogP contribution >= 0.6 is 11.6 Å². The van der Waals surface area contributed by atoms with E-state index in [9.17, 15) is 15.0 Å². The molecular weight excluding hydrogens is 366 g/mol. The van der Waals surface area contributed by atoms with E-state index in [-0.39, 0.29) is 22.1 Å². The van der Waals surface area contributed by atoms with E-state index in [1.165, 1.54) is 19.2 Å². The Morgan fingerprint density at radius 2 is 1.89 bits per heavy atom. The minimum absolute atomic E-state index is 0.100. The normalized spacial score (nSPS) is 11.0. The molecule has 0 saturated heterocycles. The fourth-order valence-corrected chi connectivity index (χ4v) is 3.47. The average Bonchev–Trinajstić information content (AvgIpc) is 2.67. The third-order valence-corrected chi connectivity index (χ3v) is 4.79. The number of pyridine rings is 1. The minimum atomic E-state index is -1.05. The van der Waals surface area contributed by atoms with E-state index in [0.717, 1.165) is 10.8 Å². The van der Waals surface area contributed by atoms with Crippen molar-refractivity contribution in [2.75, 3.05) is 7.11 Å². The molecule has 0 bridgehead atoms. The molecule has 0 spiro atoms. The lowest BCUT2D eigenvalue weighted by molar-refractivity contribution is 0.0699. The maximum absolute atomic E-state index is 12.0. The summed E-state index contributed by atoms with van der Waals surface area (Å²) in [4.78, 5) is 16.6. The number of aromatic nitrogens is 1.